The van der Waals surface area contributed by atoms with Gasteiger partial charge in [-0.05, 0) is 6.07 Å². The normalized spacial score (nSPS) is 17.1. The Labute approximate surface area is 124 Å². The van der Waals surface area contributed by atoms with Crippen LogP contribution in [-0.4, -0.2) is 74.0 Å². The van der Waals surface area contributed by atoms with Gasteiger partial charge in [0.2, 0.25) is 5.95 Å². The summed E-state index contributed by atoms with van der Waals surface area (Å²) in [5.41, 5.74) is 5.89. The summed E-state index contributed by atoms with van der Waals surface area (Å²) in [5, 5.41) is 0. The number of hydrogen-bond acceptors (Lipinski definition) is 6. The molecule has 1 saturated heterocycles. The molecule has 1 aromatic rings. The molecule has 0 atom stereocenters. The van der Waals surface area contributed by atoms with Gasteiger partial charge in [-0.25, -0.2) is 18.4 Å². The number of guanidine groups is 1. The van der Waals surface area contributed by atoms with E-state index < -0.39 is 9.84 Å². The molecule has 2 N–H and O–H groups in total. The highest BCUT2D eigenvalue weighted by Crippen LogP contribution is 2.09. The average Bonchev–Trinajstić information content (AvgIpc) is 2.47. The lowest BCUT2D eigenvalue weighted by Crippen LogP contribution is -2.51. The minimum absolute atomic E-state index is 0.0194. The van der Waals surface area contributed by atoms with E-state index in [1.807, 2.05) is 4.90 Å². The second kappa shape index (κ2) is 6.70. The number of anilines is 1. The van der Waals surface area contributed by atoms with E-state index in [1.54, 1.807) is 18.5 Å². The highest BCUT2D eigenvalue weighted by molar-refractivity contribution is 7.90. The zero-order chi connectivity index (χ0) is 15.3. The van der Waals surface area contributed by atoms with E-state index in [2.05, 4.69) is 19.9 Å². The second-order valence-electron chi connectivity index (χ2n) is 4.89. The molecule has 0 saturated carbocycles. The van der Waals surface area contributed by atoms with Crippen LogP contribution in [0.2, 0.25) is 0 Å². The molecule has 2 rings (SSSR count). The van der Waals surface area contributed by atoms with Crippen molar-refractivity contribution in [2.24, 2.45) is 10.7 Å². The molecule has 116 valence electrons. The maximum absolute atomic E-state index is 11.0. The van der Waals surface area contributed by atoms with E-state index in [4.69, 9.17) is 5.73 Å². The Kier molecular flexibility index (Phi) is 4.94. The Bertz CT molecular complexity index is 581. The Hall–Kier alpha value is -1.90. The Morgan fingerprint density at radius 3 is 2.48 bits per heavy atom. The molecule has 21 heavy (non-hydrogen) atoms. The van der Waals surface area contributed by atoms with Crippen molar-refractivity contribution in [3.63, 3.8) is 0 Å². The standard InChI is InChI=1S/C12H20N6O2S/c1-21(19,20)10-5-14-11(13)17-6-8-18(9-7-17)12-15-3-2-4-16-12/h2-4H,5-10H2,1H3,(H2,13,14). The summed E-state index contributed by atoms with van der Waals surface area (Å²) in [5.74, 6) is 1.13. The van der Waals surface area contributed by atoms with Crippen molar-refractivity contribution in [3.05, 3.63) is 18.5 Å². The summed E-state index contributed by atoms with van der Waals surface area (Å²) in [7, 11) is -3.00. The number of aliphatic imine (C=N–C) groups is 1. The molecule has 8 nitrogen and oxygen atoms in total. The zero-order valence-electron chi connectivity index (χ0n) is 12.0. The van der Waals surface area contributed by atoms with Gasteiger partial charge in [0.1, 0.15) is 9.84 Å². The van der Waals surface area contributed by atoms with Crippen molar-refractivity contribution >= 4 is 21.7 Å². The smallest absolute Gasteiger partial charge is 0.225 e. The van der Waals surface area contributed by atoms with Crippen molar-refractivity contribution in [2.45, 2.75) is 0 Å². The Balaban J connectivity index is 1.84. The van der Waals surface area contributed by atoms with Gasteiger partial charge in [-0.2, -0.15) is 0 Å². The minimum atomic E-state index is -3.00. The quantitative estimate of drug-likeness (QED) is 0.559. The van der Waals surface area contributed by atoms with Crippen molar-refractivity contribution in [1.29, 1.82) is 0 Å². The lowest BCUT2D eigenvalue weighted by molar-refractivity contribution is 0.378. The summed E-state index contributed by atoms with van der Waals surface area (Å²) >= 11 is 0. The first-order chi connectivity index (χ1) is 9.96. The largest absolute Gasteiger partial charge is 0.370 e. The lowest BCUT2D eigenvalue weighted by atomic mass is 10.3. The first kappa shape index (κ1) is 15.5. The fraction of sp³-hybridized carbons (Fsp3) is 0.583. The van der Waals surface area contributed by atoms with Crippen LogP contribution in [0.4, 0.5) is 5.95 Å². The van der Waals surface area contributed by atoms with Crippen LogP contribution in [0.3, 0.4) is 0 Å². The molecule has 0 aromatic carbocycles. The van der Waals surface area contributed by atoms with Gasteiger partial charge in [-0.3, -0.25) is 4.99 Å². The molecule has 0 amide bonds. The van der Waals surface area contributed by atoms with Crippen LogP contribution in [0.5, 0.6) is 0 Å². The Morgan fingerprint density at radius 2 is 1.90 bits per heavy atom. The van der Waals surface area contributed by atoms with E-state index in [0.29, 0.717) is 25.0 Å². The number of hydrogen-bond donors (Lipinski definition) is 1. The van der Waals surface area contributed by atoms with Crippen LogP contribution in [0, 0.1) is 0 Å². The zero-order valence-corrected chi connectivity index (χ0v) is 12.8. The van der Waals surface area contributed by atoms with Gasteiger partial charge < -0.3 is 15.5 Å². The van der Waals surface area contributed by atoms with Crippen molar-refractivity contribution in [3.8, 4) is 0 Å². The average molecular weight is 312 g/mol. The molecular formula is C12H20N6O2S. The predicted octanol–water partition coefficient (Wildman–Crippen LogP) is -1.04. The molecule has 0 bridgehead atoms. The SMILES string of the molecule is CS(=O)(=O)CCN=C(N)N1CCN(c2ncccn2)CC1. The van der Waals surface area contributed by atoms with E-state index >= 15 is 0 Å². The monoisotopic (exact) mass is 312 g/mol. The van der Waals surface area contributed by atoms with Gasteiger partial charge in [0.15, 0.2) is 5.96 Å². The van der Waals surface area contributed by atoms with Gasteiger partial charge in [0.05, 0.1) is 12.3 Å². The van der Waals surface area contributed by atoms with Crippen LogP contribution < -0.4 is 10.6 Å². The third kappa shape index (κ3) is 4.85. The number of nitrogens with zero attached hydrogens (tertiary/aromatic N) is 5. The fourth-order valence-corrected chi connectivity index (χ4v) is 2.44. The van der Waals surface area contributed by atoms with Crippen molar-refractivity contribution in [2.75, 3.05) is 49.6 Å². The number of piperazine rings is 1. The molecule has 0 radical (unpaired) electrons. The van der Waals surface area contributed by atoms with Gasteiger partial charge >= 0.3 is 0 Å². The topological polar surface area (TPSA) is 105 Å². The number of sulfone groups is 1. The summed E-state index contributed by atoms with van der Waals surface area (Å²) in [6.07, 6.45) is 4.63. The summed E-state index contributed by atoms with van der Waals surface area (Å²) < 4.78 is 22.1. The third-order valence-electron chi connectivity index (χ3n) is 3.17. The van der Waals surface area contributed by atoms with Crippen LogP contribution in [0.25, 0.3) is 0 Å². The maximum atomic E-state index is 11.0. The Morgan fingerprint density at radius 1 is 1.29 bits per heavy atom. The van der Waals surface area contributed by atoms with E-state index in [1.165, 1.54) is 6.26 Å². The third-order valence-corrected chi connectivity index (χ3v) is 4.10. The summed E-state index contributed by atoms with van der Waals surface area (Å²) in [4.78, 5) is 16.6. The summed E-state index contributed by atoms with van der Waals surface area (Å²) in [6.45, 7) is 3.14. The molecule has 0 spiro atoms. The lowest BCUT2D eigenvalue weighted by Gasteiger charge is -2.35. The van der Waals surface area contributed by atoms with E-state index in [-0.39, 0.29) is 12.3 Å². The van der Waals surface area contributed by atoms with Crippen LogP contribution in [0.15, 0.2) is 23.5 Å². The highest BCUT2D eigenvalue weighted by atomic mass is 32.2. The fourth-order valence-electron chi connectivity index (χ4n) is 2.02. The molecule has 1 fully saturated rings. The number of aromatic nitrogens is 2. The first-order valence-electron chi connectivity index (χ1n) is 6.70. The molecule has 0 aliphatic carbocycles. The van der Waals surface area contributed by atoms with Gasteiger partial charge in [0, 0.05) is 44.8 Å². The van der Waals surface area contributed by atoms with Gasteiger partial charge in [0.25, 0.3) is 0 Å². The van der Waals surface area contributed by atoms with Crippen molar-refractivity contribution in [1.82, 2.24) is 14.9 Å². The molecule has 9 heteroatoms. The van der Waals surface area contributed by atoms with Crippen molar-refractivity contribution < 1.29 is 8.42 Å². The molecule has 1 aliphatic rings. The molecule has 2 heterocycles. The van der Waals surface area contributed by atoms with E-state index in [9.17, 15) is 8.42 Å². The summed E-state index contributed by atoms with van der Waals surface area (Å²) in [6, 6.07) is 1.78. The van der Waals surface area contributed by atoms with Gasteiger partial charge in [-0.1, -0.05) is 0 Å². The van der Waals surface area contributed by atoms with Crippen LogP contribution >= 0.6 is 0 Å². The minimum Gasteiger partial charge on any atom is -0.370 e. The maximum Gasteiger partial charge on any atom is 0.225 e. The molecule has 0 unspecified atom stereocenters. The second-order valence-corrected chi connectivity index (χ2v) is 7.15. The molecule has 1 aliphatic heterocycles. The molecular weight excluding hydrogens is 292 g/mol. The highest BCUT2D eigenvalue weighted by Gasteiger charge is 2.19. The van der Waals surface area contributed by atoms with Gasteiger partial charge in [-0.15, -0.1) is 0 Å². The number of nitrogens with two attached hydrogens (primary N) is 1. The van der Waals surface area contributed by atoms with E-state index in [0.717, 1.165) is 13.1 Å². The molecule has 1 aromatic heterocycles. The number of rotatable bonds is 4. The van der Waals surface area contributed by atoms with Crippen LogP contribution in [-0.2, 0) is 9.84 Å². The predicted molar refractivity (Wildman–Crippen MR) is 82.0 cm³/mol. The van der Waals surface area contributed by atoms with Crippen LogP contribution in [0.1, 0.15) is 0 Å². The first-order valence-corrected chi connectivity index (χ1v) is 8.76.